The maximum atomic E-state index is 13.2. The molecule has 7 nitrogen and oxygen atoms in total. The minimum absolute atomic E-state index is 0.0460. The van der Waals surface area contributed by atoms with Gasteiger partial charge in [0, 0.05) is 38.8 Å². The van der Waals surface area contributed by atoms with E-state index in [0.29, 0.717) is 26.2 Å². The zero-order valence-corrected chi connectivity index (χ0v) is 16.1. The van der Waals surface area contributed by atoms with Crippen LogP contribution < -0.4 is 4.90 Å². The number of anilines is 1. The molecule has 156 valence electrons. The molecule has 2 heterocycles. The monoisotopic (exact) mass is 410 g/mol. The number of piperazine rings is 1. The lowest BCUT2D eigenvalue weighted by atomic mass is 10.1. The number of carbonyl (C=O) groups is 2. The number of nitrogens with zero attached hydrogens (tertiary/aromatic N) is 4. The summed E-state index contributed by atoms with van der Waals surface area (Å²) in [4.78, 5) is 29.0. The summed E-state index contributed by atoms with van der Waals surface area (Å²) in [7, 11) is 0. The van der Waals surface area contributed by atoms with Crippen LogP contribution in [0.5, 0.6) is 0 Å². The molecule has 0 N–H and O–H groups in total. The Balaban J connectivity index is 1.72. The summed E-state index contributed by atoms with van der Waals surface area (Å²) in [5, 5.41) is 8.94. The van der Waals surface area contributed by atoms with Gasteiger partial charge in [0.25, 0.3) is 5.91 Å². The van der Waals surface area contributed by atoms with Crippen molar-refractivity contribution in [3.63, 3.8) is 0 Å². The normalized spacial score (nSPS) is 22.6. The second-order valence-electron chi connectivity index (χ2n) is 7.05. The molecule has 10 heteroatoms. The summed E-state index contributed by atoms with van der Waals surface area (Å²) in [5.74, 6) is -0.289. The Kier molecular flexibility index (Phi) is 5.71. The van der Waals surface area contributed by atoms with Gasteiger partial charge in [-0.2, -0.15) is 18.4 Å². The fourth-order valence-corrected chi connectivity index (χ4v) is 3.62. The first-order valence-corrected chi connectivity index (χ1v) is 9.19. The number of benzene rings is 1. The Morgan fingerprint density at radius 2 is 1.79 bits per heavy atom. The molecule has 0 spiro atoms. The zero-order valence-electron chi connectivity index (χ0n) is 16.1. The first-order valence-electron chi connectivity index (χ1n) is 9.19. The molecule has 29 heavy (non-hydrogen) atoms. The van der Waals surface area contributed by atoms with Crippen molar-refractivity contribution >= 4 is 17.5 Å². The van der Waals surface area contributed by atoms with Crippen molar-refractivity contribution in [2.75, 3.05) is 37.6 Å². The molecular weight excluding hydrogens is 389 g/mol. The van der Waals surface area contributed by atoms with E-state index < -0.39 is 29.6 Å². The van der Waals surface area contributed by atoms with E-state index in [2.05, 4.69) is 0 Å². The van der Waals surface area contributed by atoms with Crippen LogP contribution in [0.25, 0.3) is 0 Å². The number of halogens is 3. The third-order valence-corrected chi connectivity index (χ3v) is 5.24. The van der Waals surface area contributed by atoms with Crippen LogP contribution in [0.3, 0.4) is 0 Å². The van der Waals surface area contributed by atoms with Gasteiger partial charge in [0.05, 0.1) is 23.7 Å². The van der Waals surface area contributed by atoms with E-state index in [1.807, 2.05) is 0 Å². The minimum Gasteiger partial charge on any atom is -0.344 e. The maximum absolute atomic E-state index is 13.2. The molecule has 0 unspecified atom stereocenters. The molecule has 2 aliphatic heterocycles. The molecule has 2 amide bonds. The Bertz CT molecular complexity index is 844. The second-order valence-corrected chi connectivity index (χ2v) is 7.05. The minimum atomic E-state index is -4.66. The van der Waals surface area contributed by atoms with E-state index >= 15 is 0 Å². The summed E-state index contributed by atoms with van der Waals surface area (Å²) in [6.07, 6.45) is -6.06. The van der Waals surface area contributed by atoms with E-state index in [0.717, 1.165) is 12.1 Å². The molecule has 0 aromatic heterocycles. The van der Waals surface area contributed by atoms with Gasteiger partial charge < -0.3 is 19.4 Å². The van der Waals surface area contributed by atoms with Crippen molar-refractivity contribution < 1.29 is 27.5 Å². The van der Waals surface area contributed by atoms with E-state index in [4.69, 9.17) is 10.00 Å². The van der Waals surface area contributed by atoms with Crippen molar-refractivity contribution in [2.24, 2.45) is 0 Å². The van der Waals surface area contributed by atoms with Crippen molar-refractivity contribution in [2.45, 2.75) is 32.4 Å². The van der Waals surface area contributed by atoms with Gasteiger partial charge >= 0.3 is 6.18 Å². The Morgan fingerprint density at radius 1 is 1.17 bits per heavy atom. The highest BCUT2D eigenvalue weighted by Crippen LogP contribution is 2.36. The van der Waals surface area contributed by atoms with Crippen molar-refractivity contribution in [3.05, 3.63) is 29.3 Å². The Hall–Kier alpha value is -2.80. The SMILES string of the molecule is CC(=O)N1CCN(C(=O)[C@@H]2CN(c3ccc(C#N)c(C(F)(F)F)c3)[C@@H](C)O2)CC1. The number of amides is 2. The molecule has 2 atom stereocenters. The van der Waals surface area contributed by atoms with Crippen LogP contribution in [-0.4, -0.2) is 66.7 Å². The van der Waals surface area contributed by atoms with Crippen molar-refractivity contribution in [1.82, 2.24) is 9.80 Å². The van der Waals surface area contributed by atoms with Crippen LogP contribution in [0.1, 0.15) is 25.0 Å². The number of ether oxygens (including phenoxy) is 1. The highest BCUT2D eigenvalue weighted by Gasteiger charge is 2.39. The predicted molar refractivity (Wildman–Crippen MR) is 96.7 cm³/mol. The van der Waals surface area contributed by atoms with Gasteiger partial charge in [0.1, 0.15) is 6.23 Å². The van der Waals surface area contributed by atoms with E-state index in [9.17, 15) is 22.8 Å². The third-order valence-electron chi connectivity index (χ3n) is 5.24. The number of rotatable bonds is 2. The lowest BCUT2D eigenvalue weighted by molar-refractivity contribution is -0.146. The van der Waals surface area contributed by atoms with Crippen LogP contribution in [0.2, 0.25) is 0 Å². The first-order chi connectivity index (χ1) is 13.6. The van der Waals surface area contributed by atoms with Crippen molar-refractivity contribution in [1.29, 1.82) is 5.26 Å². The van der Waals surface area contributed by atoms with Crippen LogP contribution in [0.15, 0.2) is 18.2 Å². The summed E-state index contributed by atoms with van der Waals surface area (Å²) < 4.78 is 45.4. The fraction of sp³-hybridized carbons (Fsp3) is 0.526. The smallest absolute Gasteiger partial charge is 0.344 e. The van der Waals surface area contributed by atoms with Crippen molar-refractivity contribution in [3.8, 4) is 6.07 Å². The molecular formula is C19H21F3N4O3. The average Bonchev–Trinajstić information content (AvgIpc) is 3.08. The van der Waals surface area contributed by atoms with Gasteiger partial charge in [-0.3, -0.25) is 9.59 Å². The molecule has 1 aromatic carbocycles. The summed E-state index contributed by atoms with van der Waals surface area (Å²) in [6.45, 7) is 4.91. The van der Waals surface area contributed by atoms with Gasteiger partial charge in [-0.1, -0.05) is 0 Å². The first kappa shape index (κ1) is 20.9. The van der Waals surface area contributed by atoms with Crippen LogP contribution >= 0.6 is 0 Å². The molecule has 3 rings (SSSR count). The van der Waals surface area contributed by atoms with Gasteiger partial charge in [-0.05, 0) is 25.1 Å². The molecule has 0 aliphatic carbocycles. The lowest BCUT2D eigenvalue weighted by Gasteiger charge is -2.35. The number of carbonyl (C=O) groups excluding carboxylic acids is 2. The Labute approximate surface area is 166 Å². The lowest BCUT2D eigenvalue weighted by Crippen LogP contribution is -2.53. The van der Waals surface area contributed by atoms with Crippen LogP contribution in [0, 0.1) is 11.3 Å². The standard InChI is InChI=1S/C19H21F3N4O3/c1-12(27)24-5-7-25(8-6-24)18(28)17-11-26(13(2)29-17)15-4-3-14(10-23)16(9-15)19(20,21)22/h3-4,9,13,17H,5-8,11H2,1-2H3/t13-,17+/m1/s1. The summed E-state index contributed by atoms with van der Waals surface area (Å²) in [6, 6.07) is 5.02. The molecule has 0 radical (unpaired) electrons. The quantitative estimate of drug-likeness (QED) is 0.744. The third kappa shape index (κ3) is 4.29. The zero-order chi connectivity index (χ0) is 21.3. The highest BCUT2D eigenvalue weighted by molar-refractivity contribution is 5.83. The van der Waals surface area contributed by atoms with E-state index in [-0.39, 0.29) is 24.0 Å². The van der Waals surface area contributed by atoms with Gasteiger partial charge in [0.2, 0.25) is 5.91 Å². The number of hydrogen-bond acceptors (Lipinski definition) is 5. The van der Waals surface area contributed by atoms with E-state index in [1.165, 1.54) is 13.0 Å². The Morgan fingerprint density at radius 3 is 2.34 bits per heavy atom. The molecule has 2 aliphatic rings. The van der Waals surface area contributed by atoms with E-state index in [1.54, 1.807) is 27.7 Å². The van der Waals surface area contributed by atoms with Crippen LogP contribution in [0.4, 0.5) is 18.9 Å². The molecule has 0 saturated carbocycles. The maximum Gasteiger partial charge on any atom is 0.417 e. The van der Waals surface area contributed by atoms with Gasteiger partial charge in [-0.15, -0.1) is 0 Å². The summed E-state index contributed by atoms with van der Waals surface area (Å²) >= 11 is 0. The average molecular weight is 410 g/mol. The van der Waals surface area contributed by atoms with Crippen LogP contribution in [-0.2, 0) is 20.5 Å². The highest BCUT2D eigenvalue weighted by atomic mass is 19.4. The number of hydrogen-bond donors (Lipinski definition) is 0. The fourth-order valence-electron chi connectivity index (χ4n) is 3.62. The topological polar surface area (TPSA) is 76.9 Å². The van der Waals surface area contributed by atoms with Gasteiger partial charge in [0.15, 0.2) is 6.10 Å². The largest absolute Gasteiger partial charge is 0.417 e. The molecule has 0 bridgehead atoms. The molecule has 1 aromatic rings. The molecule has 2 fully saturated rings. The molecule has 2 saturated heterocycles. The number of alkyl halides is 3. The predicted octanol–water partition coefficient (Wildman–Crippen LogP) is 1.82. The van der Waals surface area contributed by atoms with Gasteiger partial charge in [-0.25, -0.2) is 0 Å². The second kappa shape index (κ2) is 7.91. The summed E-state index contributed by atoms with van der Waals surface area (Å²) in [5.41, 5.74) is -1.23. The number of nitriles is 1.